The lowest BCUT2D eigenvalue weighted by atomic mass is 9.52. The summed E-state index contributed by atoms with van der Waals surface area (Å²) in [5, 5.41) is 21.6. The third-order valence-electron chi connectivity index (χ3n) is 7.48. The predicted molar refractivity (Wildman–Crippen MR) is 116 cm³/mol. The highest BCUT2D eigenvalue weighted by Crippen LogP contribution is 2.56. The van der Waals surface area contributed by atoms with Crippen molar-refractivity contribution in [3.05, 3.63) is 101 Å². The van der Waals surface area contributed by atoms with Crippen LogP contribution in [0.1, 0.15) is 47.9 Å². The van der Waals surface area contributed by atoms with Gasteiger partial charge in [0.15, 0.2) is 0 Å². The average Bonchev–Trinajstić information content (AvgIpc) is 2.75. The second-order valence-electron chi connectivity index (χ2n) is 9.14. The number of hydrogen-bond acceptors (Lipinski definition) is 2. The van der Waals surface area contributed by atoms with Gasteiger partial charge in [-0.05, 0) is 91.0 Å². The van der Waals surface area contributed by atoms with Crippen LogP contribution in [0.2, 0.25) is 0 Å². The van der Waals surface area contributed by atoms with Gasteiger partial charge in [0.05, 0.1) is 5.60 Å². The van der Waals surface area contributed by atoms with Crippen molar-refractivity contribution in [2.75, 3.05) is 0 Å². The number of fused-ring (bicyclic) bond motifs is 3. The zero-order valence-corrected chi connectivity index (χ0v) is 17.0. The molecular formula is C27H27FO2. The molecule has 0 heterocycles. The Morgan fingerprint density at radius 2 is 1.70 bits per heavy atom. The normalized spacial score (nSPS) is 27.9. The predicted octanol–water partition coefficient (Wildman–Crippen LogP) is 5.65. The fourth-order valence-corrected chi connectivity index (χ4v) is 5.98. The fraction of sp³-hybridized carbons (Fsp3) is 0.333. The quantitative estimate of drug-likeness (QED) is 0.595. The molecule has 1 unspecified atom stereocenters. The Labute approximate surface area is 177 Å². The molecule has 5 rings (SSSR count). The lowest BCUT2D eigenvalue weighted by molar-refractivity contribution is -0.0558. The van der Waals surface area contributed by atoms with Crippen LogP contribution in [-0.2, 0) is 23.9 Å². The average molecular weight is 403 g/mol. The highest BCUT2D eigenvalue weighted by atomic mass is 19.1. The molecular weight excluding hydrogens is 375 g/mol. The van der Waals surface area contributed by atoms with Crippen molar-refractivity contribution in [1.29, 1.82) is 0 Å². The molecule has 0 radical (unpaired) electrons. The molecule has 0 spiro atoms. The summed E-state index contributed by atoms with van der Waals surface area (Å²) in [5.74, 6) is 0.363. The van der Waals surface area contributed by atoms with Crippen LogP contribution in [-0.4, -0.2) is 10.2 Å². The third kappa shape index (κ3) is 3.22. The third-order valence-corrected chi connectivity index (χ3v) is 7.48. The topological polar surface area (TPSA) is 40.5 Å². The van der Waals surface area contributed by atoms with E-state index in [2.05, 4.69) is 30.3 Å². The molecule has 3 aromatic carbocycles. The van der Waals surface area contributed by atoms with Crippen LogP contribution in [0.15, 0.2) is 72.8 Å². The molecule has 2 N–H and O–H groups in total. The van der Waals surface area contributed by atoms with Gasteiger partial charge < -0.3 is 10.2 Å². The van der Waals surface area contributed by atoms with Gasteiger partial charge >= 0.3 is 0 Å². The van der Waals surface area contributed by atoms with Crippen LogP contribution in [0.4, 0.5) is 4.39 Å². The Balaban J connectivity index is 1.56. The highest BCUT2D eigenvalue weighted by Gasteiger charge is 2.52. The number of rotatable bonds is 3. The second-order valence-corrected chi connectivity index (χ2v) is 9.14. The number of hydrogen-bond donors (Lipinski definition) is 2. The van der Waals surface area contributed by atoms with E-state index in [1.807, 2.05) is 12.1 Å². The van der Waals surface area contributed by atoms with Gasteiger partial charge in [0, 0.05) is 5.41 Å². The molecule has 3 aromatic rings. The molecule has 3 atom stereocenters. The van der Waals surface area contributed by atoms with Crippen molar-refractivity contribution in [3.63, 3.8) is 0 Å². The molecule has 0 bridgehead atoms. The van der Waals surface area contributed by atoms with Gasteiger partial charge in [0.2, 0.25) is 0 Å². The van der Waals surface area contributed by atoms with E-state index in [9.17, 15) is 14.6 Å². The van der Waals surface area contributed by atoms with Gasteiger partial charge in [-0.3, -0.25) is 0 Å². The number of phenolic OH excluding ortho intramolecular Hbond substituents is 1. The molecule has 154 valence electrons. The molecule has 0 saturated heterocycles. The van der Waals surface area contributed by atoms with Crippen LogP contribution in [0.3, 0.4) is 0 Å². The summed E-state index contributed by atoms with van der Waals surface area (Å²) in [6.45, 7) is 0. The maximum atomic E-state index is 13.4. The van der Waals surface area contributed by atoms with Gasteiger partial charge in [-0.15, -0.1) is 0 Å². The summed E-state index contributed by atoms with van der Waals surface area (Å²) in [6.07, 6.45) is 4.99. The minimum atomic E-state index is -0.924. The van der Waals surface area contributed by atoms with E-state index in [1.54, 1.807) is 18.2 Å². The van der Waals surface area contributed by atoms with Gasteiger partial charge in [-0.25, -0.2) is 4.39 Å². The summed E-state index contributed by atoms with van der Waals surface area (Å²) in [5.41, 5.74) is 3.68. The summed E-state index contributed by atoms with van der Waals surface area (Å²) in [4.78, 5) is 0. The molecule has 30 heavy (non-hydrogen) atoms. The van der Waals surface area contributed by atoms with Crippen molar-refractivity contribution in [2.45, 2.75) is 49.5 Å². The van der Waals surface area contributed by atoms with Crippen molar-refractivity contribution >= 4 is 0 Å². The Morgan fingerprint density at radius 3 is 2.47 bits per heavy atom. The van der Waals surface area contributed by atoms with Crippen molar-refractivity contribution in [3.8, 4) is 5.75 Å². The first-order valence-electron chi connectivity index (χ1n) is 10.8. The van der Waals surface area contributed by atoms with E-state index < -0.39 is 5.60 Å². The summed E-state index contributed by atoms with van der Waals surface area (Å²) in [6, 6.07) is 22.7. The maximum Gasteiger partial charge on any atom is 0.123 e. The number of aryl methyl sites for hydroxylation is 1. The minimum Gasteiger partial charge on any atom is -0.508 e. The number of phenols is 1. The van der Waals surface area contributed by atoms with Gasteiger partial charge in [-0.1, -0.05) is 48.5 Å². The Hall–Kier alpha value is -2.65. The lowest BCUT2D eigenvalue weighted by Gasteiger charge is -2.53. The van der Waals surface area contributed by atoms with E-state index in [0.717, 1.165) is 31.2 Å². The van der Waals surface area contributed by atoms with Crippen molar-refractivity contribution in [2.24, 2.45) is 5.92 Å². The van der Waals surface area contributed by atoms with Gasteiger partial charge in [-0.2, -0.15) is 0 Å². The lowest BCUT2D eigenvalue weighted by Crippen LogP contribution is -2.50. The van der Waals surface area contributed by atoms with Crippen LogP contribution in [0.25, 0.3) is 0 Å². The zero-order valence-electron chi connectivity index (χ0n) is 17.0. The first-order valence-corrected chi connectivity index (χ1v) is 10.8. The van der Waals surface area contributed by atoms with E-state index in [1.165, 1.54) is 28.8 Å². The molecule has 3 heteroatoms. The molecule has 2 aliphatic carbocycles. The Morgan fingerprint density at radius 1 is 0.933 bits per heavy atom. The first kappa shape index (κ1) is 19.3. The smallest absolute Gasteiger partial charge is 0.123 e. The monoisotopic (exact) mass is 402 g/mol. The number of aliphatic hydroxyl groups is 1. The van der Waals surface area contributed by atoms with Gasteiger partial charge in [0.25, 0.3) is 0 Å². The SMILES string of the molecule is Oc1ccc2c(c1)CC[C@@H]1CC(O)(c3ccc(F)cc3)CC[C@@]21Cc1ccccc1. The molecule has 2 nitrogen and oxygen atoms in total. The maximum absolute atomic E-state index is 13.4. The largest absolute Gasteiger partial charge is 0.508 e. The highest BCUT2D eigenvalue weighted by molar-refractivity contribution is 5.45. The van der Waals surface area contributed by atoms with Crippen LogP contribution in [0.5, 0.6) is 5.75 Å². The van der Waals surface area contributed by atoms with E-state index in [-0.39, 0.29) is 11.2 Å². The molecule has 0 amide bonds. The number of halogens is 1. The van der Waals surface area contributed by atoms with Crippen LogP contribution >= 0.6 is 0 Å². The summed E-state index contributed by atoms with van der Waals surface area (Å²) >= 11 is 0. The van der Waals surface area contributed by atoms with Crippen molar-refractivity contribution < 1.29 is 14.6 Å². The molecule has 0 aromatic heterocycles. The first-order chi connectivity index (χ1) is 14.5. The summed E-state index contributed by atoms with van der Waals surface area (Å²) in [7, 11) is 0. The van der Waals surface area contributed by atoms with E-state index in [0.29, 0.717) is 24.5 Å². The van der Waals surface area contributed by atoms with Gasteiger partial charge in [0.1, 0.15) is 11.6 Å². The number of aromatic hydroxyl groups is 1. The van der Waals surface area contributed by atoms with Crippen molar-refractivity contribution in [1.82, 2.24) is 0 Å². The molecule has 0 aliphatic heterocycles. The van der Waals surface area contributed by atoms with Crippen LogP contribution in [0, 0.1) is 11.7 Å². The molecule has 1 saturated carbocycles. The standard InChI is InChI=1S/C27H27FO2/c28-23-10-8-21(9-11-23)27(30)15-14-26(17-19-4-2-1-3-5-19)22(18-27)7-6-20-16-24(29)12-13-25(20)26/h1-5,8-13,16,22,29-30H,6-7,14-15,17-18H2/t22-,26+,27?/m1/s1. The second kappa shape index (κ2) is 7.24. The minimum absolute atomic E-state index is 0.0606. The Bertz CT molecular complexity index is 1050. The Kier molecular flexibility index (Phi) is 4.67. The molecule has 2 aliphatic rings. The molecule has 1 fully saturated rings. The van der Waals surface area contributed by atoms with E-state index >= 15 is 0 Å². The summed E-state index contributed by atoms with van der Waals surface area (Å²) < 4.78 is 13.4. The van der Waals surface area contributed by atoms with Crippen LogP contribution < -0.4 is 0 Å². The zero-order chi connectivity index (χ0) is 20.8. The van der Waals surface area contributed by atoms with E-state index in [4.69, 9.17) is 0 Å². The number of benzene rings is 3. The fourth-order valence-electron chi connectivity index (χ4n) is 5.98.